The molecule has 1 N–H and O–H groups in total. The first-order valence-electron chi connectivity index (χ1n) is 8.22. The van der Waals surface area contributed by atoms with E-state index in [1.165, 1.54) is 12.1 Å². The summed E-state index contributed by atoms with van der Waals surface area (Å²) in [5.74, 6) is -0.230. The topological polar surface area (TPSA) is 56.6 Å². The highest BCUT2D eigenvalue weighted by Crippen LogP contribution is 2.22. The maximum Gasteiger partial charge on any atom is 0.274 e. The molecule has 0 bridgehead atoms. The van der Waals surface area contributed by atoms with E-state index in [-0.39, 0.29) is 16.5 Å². The van der Waals surface area contributed by atoms with Crippen LogP contribution in [0.4, 0.5) is 4.39 Å². The average molecular weight is 396 g/mol. The SMILES string of the molecule is CCS(=O)(=O)c1ccc2oc(=S)n(C[NH+](C)Cc3ccc(F)cc3)c2c1. The fraction of sp³-hybridized carbons (Fsp3) is 0.278. The van der Waals surface area contributed by atoms with Crippen molar-refractivity contribution in [1.29, 1.82) is 0 Å². The van der Waals surface area contributed by atoms with Gasteiger partial charge in [-0.25, -0.2) is 12.8 Å². The van der Waals surface area contributed by atoms with E-state index in [0.717, 1.165) is 10.5 Å². The lowest BCUT2D eigenvalue weighted by Crippen LogP contribution is -3.06. The molecule has 1 heterocycles. The van der Waals surface area contributed by atoms with Crippen LogP contribution in [-0.4, -0.2) is 25.8 Å². The molecule has 3 rings (SSSR count). The number of oxazole rings is 1. The van der Waals surface area contributed by atoms with E-state index in [2.05, 4.69) is 0 Å². The predicted octanol–water partition coefficient (Wildman–Crippen LogP) is 2.57. The van der Waals surface area contributed by atoms with Gasteiger partial charge in [0.1, 0.15) is 12.4 Å². The standard InChI is InChI=1S/C18H19FN2O3S2/c1-3-26(22,23)15-8-9-17-16(10-15)21(18(25)24-17)12-20(2)11-13-4-6-14(19)7-5-13/h4-10H,3,11-12H2,1-2H3/p+1. The van der Waals surface area contributed by atoms with Gasteiger partial charge >= 0.3 is 0 Å². The lowest BCUT2D eigenvalue weighted by molar-refractivity contribution is -0.916. The normalized spacial score (nSPS) is 13.2. The summed E-state index contributed by atoms with van der Waals surface area (Å²) in [6.45, 7) is 2.78. The number of quaternary nitrogens is 1. The molecule has 8 heteroatoms. The molecule has 3 aromatic rings. The van der Waals surface area contributed by atoms with Gasteiger partial charge in [-0.3, -0.25) is 4.57 Å². The quantitative estimate of drug-likeness (QED) is 0.652. The Labute approximate surface area is 156 Å². The predicted molar refractivity (Wildman–Crippen MR) is 99.8 cm³/mol. The minimum Gasteiger partial charge on any atom is -0.429 e. The van der Waals surface area contributed by atoms with Crippen LogP contribution in [-0.2, 0) is 23.1 Å². The number of nitrogens with zero attached hydrogens (tertiary/aromatic N) is 1. The molecule has 26 heavy (non-hydrogen) atoms. The smallest absolute Gasteiger partial charge is 0.274 e. The van der Waals surface area contributed by atoms with Crippen LogP contribution in [0.2, 0.25) is 0 Å². The van der Waals surface area contributed by atoms with Crippen molar-refractivity contribution in [3.8, 4) is 0 Å². The first kappa shape index (κ1) is 18.8. The van der Waals surface area contributed by atoms with Gasteiger partial charge in [0.05, 0.1) is 23.2 Å². The minimum absolute atomic E-state index is 0.0345. The molecule has 0 spiro atoms. The van der Waals surface area contributed by atoms with Crippen molar-refractivity contribution < 1.29 is 22.1 Å². The first-order chi connectivity index (χ1) is 12.3. The Balaban J connectivity index is 1.91. The zero-order valence-corrected chi connectivity index (χ0v) is 16.2. The minimum atomic E-state index is -3.31. The molecule has 138 valence electrons. The molecule has 0 aliphatic carbocycles. The van der Waals surface area contributed by atoms with Gasteiger partial charge in [0, 0.05) is 5.56 Å². The van der Waals surface area contributed by atoms with Crippen LogP contribution in [0.1, 0.15) is 12.5 Å². The van der Waals surface area contributed by atoms with Crippen LogP contribution < -0.4 is 4.90 Å². The van der Waals surface area contributed by atoms with Crippen LogP contribution in [0.15, 0.2) is 51.8 Å². The van der Waals surface area contributed by atoms with Crippen molar-refractivity contribution in [2.24, 2.45) is 0 Å². The van der Waals surface area contributed by atoms with Crippen LogP contribution in [0.3, 0.4) is 0 Å². The molecule has 0 saturated heterocycles. The fourth-order valence-electron chi connectivity index (χ4n) is 2.83. The number of nitrogens with one attached hydrogen (secondary N) is 1. The van der Waals surface area contributed by atoms with Gasteiger partial charge in [-0.2, -0.15) is 0 Å². The van der Waals surface area contributed by atoms with Crippen LogP contribution in [0, 0.1) is 10.7 Å². The highest BCUT2D eigenvalue weighted by molar-refractivity contribution is 7.91. The Bertz CT molecular complexity index is 1090. The Kier molecular flexibility index (Phi) is 5.27. The molecule has 0 amide bonds. The van der Waals surface area contributed by atoms with E-state index in [1.54, 1.807) is 41.8 Å². The third kappa shape index (κ3) is 3.87. The third-order valence-electron chi connectivity index (χ3n) is 4.23. The van der Waals surface area contributed by atoms with Crippen LogP contribution in [0.5, 0.6) is 0 Å². The largest absolute Gasteiger partial charge is 0.429 e. The summed E-state index contributed by atoms with van der Waals surface area (Å²) in [5.41, 5.74) is 2.21. The number of aromatic nitrogens is 1. The second kappa shape index (κ2) is 7.30. The second-order valence-corrected chi connectivity index (χ2v) is 8.87. The zero-order valence-electron chi connectivity index (χ0n) is 14.5. The van der Waals surface area contributed by atoms with Gasteiger partial charge in [-0.15, -0.1) is 0 Å². The van der Waals surface area contributed by atoms with E-state index < -0.39 is 9.84 Å². The summed E-state index contributed by atoms with van der Waals surface area (Å²) < 4.78 is 44.7. The molecular weight excluding hydrogens is 375 g/mol. The summed E-state index contributed by atoms with van der Waals surface area (Å²) in [5, 5.41) is 0. The second-order valence-electron chi connectivity index (χ2n) is 6.25. The van der Waals surface area contributed by atoms with Gasteiger partial charge in [0.25, 0.3) is 4.84 Å². The van der Waals surface area contributed by atoms with Crippen molar-refractivity contribution in [2.75, 3.05) is 12.8 Å². The summed E-state index contributed by atoms with van der Waals surface area (Å²) in [7, 11) is -1.33. The third-order valence-corrected chi connectivity index (χ3v) is 6.26. The Morgan fingerprint density at radius 3 is 2.54 bits per heavy atom. The Morgan fingerprint density at radius 1 is 1.19 bits per heavy atom. The molecule has 1 atom stereocenters. The van der Waals surface area contributed by atoms with Gasteiger partial charge < -0.3 is 9.32 Å². The van der Waals surface area contributed by atoms with Gasteiger partial charge in [-0.05, 0) is 42.5 Å². The number of benzene rings is 2. The maximum absolute atomic E-state index is 13.0. The number of halogens is 1. The van der Waals surface area contributed by atoms with Crippen molar-refractivity contribution in [1.82, 2.24) is 4.57 Å². The molecule has 0 aliphatic rings. The fourth-order valence-corrected chi connectivity index (χ4v) is 3.98. The summed E-state index contributed by atoms with van der Waals surface area (Å²) in [6, 6.07) is 11.2. The molecule has 5 nitrogen and oxygen atoms in total. The maximum atomic E-state index is 13.0. The van der Waals surface area contributed by atoms with E-state index >= 15 is 0 Å². The van der Waals surface area contributed by atoms with E-state index in [0.29, 0.717) is 29.2 Å². The van der Waals surface area contributed by atoms with Gasteiger partial charge in [0.15, 0.2) is 22.1 Å². The first-order valence-corrected chi connectivity index (χ1v) is 10.3. The number of fused-ring (bicyclic) bond motifs is 1. The monoisotopic (exact) mass is 395 g/mol. The molecule has 0 fully saturated rings. The molecular formula is C18H20FN2O3S2+. The number of sulfone groups is 1. The summed E-state index contributed by atoms with van der Waals surface area (Å²) in [6.07, 6.45) is 0. The van der Waals surface area contributed by atoms with Crippen LogP contribution >= 0.6 is 12.2 Å². The van der Waals surface area contributed by atoms with Crippen molar-refractivity contribution >= 4 is 33.2 Å². The number of rotatable bonds is 6. The van der Waals surface area contributed by atoms with E-state index in [9.17, 15) is 12.8 Å². The van der Waals surface area contributed by atoms with E-state index in [4.69, 9.17) is 16.6 Å². The Hall–Kier alpha value is -2.03. The molecule has 0 aliphatic heterocycles. The Morgan fingerprint density at radius 2 is 1.88 bits per heavy atom. The number of hydrogen-bond donors (Lipinski definition) is 1. The lowest BCUT2D eigenvalue weighted by Gasteiger charge is -2.15. The van der Waals surface area contributed by atoms with Crippen molar-refractivity contribution in [2.45, 2.75) is 25.0 Å². The van der Waals surface area contributed by atoms with Crippen LogP contribution in [0.25, 0.3) is 11.1 Å². The summed E-state index contributed by atoms with van der Waals surface area (Å²) >= 11 is 5.30. The lowest BCUT2D eigenvalue weighted by atomic mass is 10.2. The van der Waals surface area contributed by atoms with Gasteiger partial charge in [0.2, 0.25) is 0 Å². The molecule has 2 aromatic carbocycles. The highest BCUT2D eigenvalue weighted by Gasteiger charge is 2.17. The highest BCUT2D eigenvalue weighted by atomic mass is 32.2. The molecule has 1 aromatic heterocycles. The van der Waals surface area contributed by atoms with E-state index in [1.807, 2.05) is 7.05 Å². The van der Waals surface area contributed by atoms with Gasteiger partial charge in [-0.1, -0.05) is 19.1 Å². The average Bonchev–Trinajstić information content (AvgIpc) is 2.92. The molecule has 0 saturated carbocycles. The van der Waals surface area contributed by atoms with Crippen molar-refractivity contribution in [3.05, 3.63) is 58.7 Å². The molecule has 0 radical (unpaired) electrons. The zero-order chi connectivity index (χ0) is 18.9. The summed E-state index contributed by atoms with van der Waals surface area (Å²) in [4.78, 5) is 1.65. The number of hydrogen-bond acceptors (Lipinski definition) is 4. The molecule has 1 unspecified atom stereocenters. The van der Waals surface area contributed by atoms with Crippen molar-refractivity contribution in [3.63, 3.8) is 0 Å².